The maximum Gasteiger partial charge on any atom is -0.0236 e. The lowest BCUT2D eigenvalue weighted by molar-refractivity contribution is 0.552. The molecule has 0 saturated carbocycles. The second kappa shape index (κ2) is 6.45. The minimum absolute atomic E-state index is 0.535. The van der Waals surface area contributed by atoms with Gasteiger partial charge in [-0.05, 0) is 25.2 Å². The van der Waals surface area contributed by atoms with Crippen LogP contribution in [0.25, 0.3) is 0 Å². The Morgan fingerprint density at radius 3 is 2.45 bits per heavy atom. The Balaban J connectivity index is 3.40. The summed E-state index contributed by atoms with van der Waals surface area (Å²) in [7, 11) is 0. The molecule has 0 N–H and O–H groups in total. The molecule has 0 heteroatoms. The molecule has 0 aliphatic rings. The highest BCUT2D eigenvalue weighted by Crippen LogP contribution is 2.11. The lowest BCUT2D eigenvalue weighted by Gasteiger charge is -2.08. The lowest BCUT2D eigenvalue weighted by atomic mass is 9.97. The second-order valence-corrected chi connectivity index (χ2v) is 3.41. The standard InChI is InChI=1S/C11H21/c1-5-6-7-8-9-11(4)10(2)3/h8-11H,2,5-7H2,1,3-4H3/b9-8+. The summed E-state index contributed by atoms with van der Waals surface area (Å²) in [6.07, 6.45) is 8.41. The zero-order valence-electron chi connectivity index (χ0n) is 8.14. The minimum Gasteiger partial charge on any atom is -0.0883 e. The maximum atomic E-state index is 3.99. The van der Waals surface area contributed by atoms with Crippen LogP contribution in [0.5, 0.6) is 0 Å². The van der Waals surface area contributed by atoms with Gasteiger partial charge in [-0.2, -0.15) is 0 Å². The fourth-order valence-corrected chi connectivity index (χ4v) is 0.823. The van der Waals surface area contributed by atoms with Gasteiger partial charge in [-0.15, -0.1) is 0 Å². The highest BCUT2D eigenvalue weighted by molar-refractivity contribution is 4.88. The van der Waals surface area contributed by atoms with Gasteiger partial charge < -0.3 is 0 Å². The molecule has 0 aromatic rings. The van der Waals surface area contributed by atoms with Gasteiger partial charge in [-0.1, -0.05) is 45.8 Å². The Morgan fingerprint density at radius 1 is 1.36 bits per heavy atom. The van der Waals surface area contributed by atoms with Crippen LogP contribution in [0.1, 0.15) is 40.0 Å². The topological polar surface area (TPSA) is 0 Å². The highest BCUT2D eigenvalue weighted by Gasteiger charge is 2.00. The zero-order chi connectivity index (χ0) is 8.69. The quantitative estimate of drug-likeness (QED) is 0.416. The average molecular weight is 153 g/mol. The summed E-state index contributed by atoms with van der Waals surface area (Å²) in [4.78, 5) is 0. The maximum absolute atomic E-state index is 3.99. The summed E-state index contributed by atoms with van der Waals surface area (Å²) in [5.74, 6) is 1.17. The molecule has 0 bridgehead atoms. The van der Waals surface area contributed by atoms with E-state index < -0.39 is 0 Å². The van der Waals surface area contributed by atoms with Crippen molar-refractivity contribution < 1.29 is 0 Å². The van der Waals surface area contributed by atoms with Crippen molar-refractivity contribution in [3.8, 4) is 0 Å². The SMILES string of the molecule is [CH2]C(C)C(C)/C=C/CCCC. The first-order valence-corrected chi connectivity index (χ1v) is 4.68. The van der Waals surface area contributed by atoms with Crippen LogP contribution >= 0.6 is 0 Å². The van der Waals surface area contributed by atoms with Gasteiger partial charge in [0, 0.05) is 0 Å². The minimum atomic E-state index is 0.535. The van der Waals surface area contributed by atoms with E-state index in [2.05, 4.69) is 39.8 Å². The first kappa shape index (κ1) is 10.7. The van der Waals surface area contributed by atoms with E-state index in [0.29, 0.717) is 11.8 Å². The normalized spacial score (nSPS) is 14.6. The van der Waals surface area contributed by atoms with Crippen molar-refractivity contribution >= 4 is 0 Å². The molecule has 0 spiro atoms. The Bertz CT molecular complexity index is 101. The number of rotatable bonds is 5. The molecule has 11 heavy (non-hydrogen) atoms. The smallest absolute Gasteiger partial charge is 0.0236 e. The van der Waals surface area contributed by atoms with Gasteiger partial charge >= 0.3 is 0 Å². The molecular formula is C11H21. The highest BCUT2D eigenvalue weighted by atomic mass is 14.1. The van der Waals surface area contributed by atoms with Crippen LogP contribution in [0.2, 0.25) is 0 Å². The molecule has 65 valence electrons. The monoisotopic (exact) mass is 153 g/mol. The average Bonchev–Trinajstić information content (AvgIpc) is 1.97. The van der Waals surface area contributed by atoms with Crippen molar-refractivity contribution in [3.63, 3.8) is 0 Å². The van der Waals surface area contributed by atoms with Gasteiger partial charge in [0.2, 0.25) is 0 Å². The molecule has 0 saturated heterocycles. The molecular weight excluding hydrogens is 132 g/mol. The first-order chi connectivity index (χ1) is 5.18. The Labute approximate surface area is 71.7 Å². The van der Waals surface area contributed by atoms with Gasteiger partial charge in [-0.25, -0.2) is 0 Å². The molecule has 0 aromatic heterocycles. The second-order valence-electron chi connectivity index (χ2n) is 3.41. The predicted octanol–water partition coefficient (Wildman–Crippen LogP) is 3.84. The Kier molecular flexibility index (Phi) is 6.30. The molecule has 0 amide bonds. The Hall–Kier alpha value is -0.260. The van der Waals surface area contributed by atoms with Gasteiger partial charge in [0.05, 0.1) is 0 Å². The van der Waals surface area contributed by atoms with E-state index in [-0.39, 0.29) is 0 Å². The van der Waals surface area contributed by atoms with Crippen LogP contribution in [0, 0.1) is 18.8 Å². The summed E-state index contributed by atoms with van der Waals surface area (Å²) in [6, 6.07) is 0. The molecule has 2 atom stereocenters. The molecule has 0 nitrogen and oxygen atoms in total. The van der Waals surface area contributed by atoms with Gasteiger partial charge in [0.25, 0.3) is 0 Å². The van der Waals surface area contributed by atoms with Crippen LogP contribution in [-0.2, 0) is 0 Å². The van der Waals surface area contributed by atoms with Crippen molar-refractivity contribution in [3.05, 3.63) is 19.1 Å². The number of allylic oxidation sites excluding steroid dienone is 2. The summed E-state index contributed by atoms with van der Waals surface area (Å²) < 4.78 is 0. The molecule has 2 unspecified atom stereocenters. The van der Waals surface area contributed by atoms with Gasteiger partial charge in [0.15, 0.2) is 0 Å². The predicted molar refractivity (Wildman–Crippen MR) is 52.4 cm³/mol. The van der Waals surface area contributed by atoms with Crippen LogP contribution in [0.15, 0.2) is 12.2 Å². The molecule has 1 radical (unpaired) electrons. The molecule has 0 aliphatic carbocycles. The summed E-state index contributed by atoms with van der Waals surface area (Å²) in [6.45, 7) is 10.6. The zero-order valence-corrected chi connectivity index (χ0v) is 8.14. The summed E-state index contributed by atoms with van der Waals surface area (Å²) in [5.41, 5.74) is 0. The molecule has 0 fully saturated rings. The third kappa shape index (κ3) is 6.15. The van der Waals surface area contributed by atoms with E-state index >= 15 is 0 Å². The molecule has 0 rings (SSSR count). The number of hydrogen-bond donors (Lipinski definition) is 0. The van der Waals surface area contributed by atoms with Gasteiger partial charge in [-0.3, -0.25) is 0 Å². The van der Waals surface area contributed by atoms with E-state index in [4.69, 9.17) is 0 Å². The van der Waals surface area contributed by atoms with Crippen LogP contribution in [0.3, 0.4) is 0 Å². The summed E-state index contributed by atoms with van der Waals surface area (Å²) in [5, 5.41) is 0. The third-order valence-electron chi connectivity index (χ3n) is 2.06. The fourth-order valence-electron chi connectivity index (χ4n) is 0.823. The van der Waals surface area contributed by atoms with Crippen LogP contribution in [0.4, 0.5) is 0 Å². The van der Waals surface area contributed by atoms with Crippen LogP contribution in [-0.4, -0.2) is 0 Å². The van der Waals surface area contributed by atoms with Crippen molar-refractivity contribution in [2.75, 3.05) is 0 Å². The van der Waals surface area contributed by atoms with E-state index in [9.17, 15) is 0 Å². The third-order valence-corrected chi connectivity index (χ3v) is 2.06. The van der Waals surface area contributed by atoms with Gasteiger partial charge in [0.1, 0.15) is 0 Å². The summed E-state index contributed by atoms with van der Waals surface area (Å²) >= 11 is 0. The van der Waals surface area contributed by atoms with E-state index in [1.807, 2.05) is 0 Å². The first-order valence-electron chi connectivity index (χ1n) is 4.68. The van der Waals surface area contributed by atoms with E-state index in [1.54, 1.807) is 0 Å². The molecule has 0 aliphatic heterocycles. The largest absolute Gasteiger partial charge is 0.0883 e. The molecule has 0 aromatic carbocycles. The number of unbranched alkanes of at least 4 members (excludes halogenated alkanes) is 2. The van der Waals surface area contributed by atoms with E-state index in [1.165, 1.54) is 19.3 Å². The van der Waals surface area contributed by atoms with Crippen molar-refractivity contribution in [2.45, 2.75) is 40.0 Å². The molecule has 0 heterocycles. The van der Waals surface area contributed by atoms with E-state index in [0.717, 1.165) is 0 Å². The van der Waals surface area contributed by atoms with Crippen molar-refractivity contribution in [2.24, 2.45) is 11.8 Å². The van der Waals surface area contributed by atoms with Crippen LogP contribution < -0.4 is 0 Å². The lowest BCUT2D eigenvalue weighted by Crippen LogP contribution is -1.99. The van der Waals surface area contributed by atoms with Crippen molar-refractivity contribution in [1.82, 2.24) is 0 Å². The van der Waals surface area contributed by atoms with Crippen molar-refractivity contribution in [1.29, 1.82) is 0 Å². The number of hydrogen-bond acceptors (Lipinski definition) is 0. The fraction of sp³-hybridized carbons (Fsp3) is 0.727. The Morgan fingerprint density at radius 2 is 2.00 bits per heavy atom.